The number of ether oxygens (including phenoxy) is 2. The molecule has 2 aromatic heterocycles. The molecule has 1 amide bonds. The average molecular weight is 594 g/mol. The Hall–Kier alpha value is -4.58. The van der Waals surface area contributed by atoms with Crippen molar-refractivity contribution in [2.75, 3.05) is 43.5 Å². The second kappa shape index (κ2) is 11.4. The van der Waals surface area contributed by atoms with Gasteiger partial charge >= 0.3 is 6.09 Å². The standard InChI is InChI=1S/C29H32ClN7O5/c1-29(2,3)42-28(38)36-12-10-35(11-13-36)18-6-8-20-21(17-34(4)24(20)15-18)26-22(30)16-31-27(33-26)32-23-14-19(37(39)40)7-9-25(23)41-5/h6-9,14-17H,10-13H2,1-5H3,(H,31,32,33). The Balaban J connectivity index is 1.39. The van der Waals surface area contributed by atoms with Crippen molar-refractivity contribution in [3.05, 3.63) is 63.9 Å². The van der Waals surface area contributed by atoms with Crippen LogP contribution < -0.4 is 15.0 Å². The summed E-state index contributed by atoms with van der Waals surface area (Å²) in [5, 5.41) is 15.6. The summed E-state index contributed by atoms with van der Waals surface area (Å²) in [6.07, 6.45) is 3.16. The van der Waals surface area contributed by atoms with Crippen molar-refractivity contribution in [2.24, 2.45) is 7.05 Å². The molecule has 0 unspecified atom stereocenters. The number of hydrogen-bond donors (Lipinski definition) is 1. The van der Waals surface area contributed by atoms with Crippen molar-refractivity contribution in [1.82, 2.24) is 19.4 Å². The molecule has 0 radical (unpaired) electrons. The van der Waals surface area contributed by atoms with Crippen LogP contribution in [0.5, 0.6) is 5.75 Å². The Kier molecular flexibility index (Phi) is 7.83. The number of halogens is 1. The van der Waals surface area contributed by atoms with Crippen LogP contribution in [-0.2, 0) is 11.8 Å². The molecule has 3 heterocycles. The first-order chi connectivity index (χ1) is 19.9. The van der Waals surface area contributed by atoms with E-state index in [1.54, 1.807) is 4.90 Å². The van der Waals surface area contributed by atoms with Crippen molar-refractivity contribution >= 4 is 51.6 Å². The minimum absolute atomic E-state index is 0.0939. The van der Waals surface area contributed by atoms with Crippen LogP contribution in [-0.4, -0.2) is 69.3 Å². The van der Waals surface area contributed by atoms with Crippen molar-refractivity contribution in [3.8, 4) is 17.0 Å². The number of nitrogens with zero attached hydrogens (tertiary/aromatic N) is 6. The molecule has 2 aromatic carbocycles. The highest BCUT2D eigenvalue weighted by Gasteiger charge is 2.26. The van der Waals surface area contributed by atoms with Crippen LogP contribution >= 0.6 is 11.6 Å². The summed E-state index contributed by atoms with van der Waals surface area (Å²) in [5.74, 6) is 0.620. The number of nitro benzene ring substituents is 1. The van der Waals surface area contributed by atoms with E-state index < -0.39 is 10.5 Å². The van der Waals surface area contributed by atoms with Crippen molar-refractivity contribution in [2.45, 2.75) is 26.4 Å². The number of piperazine rings is 1. The molecular weight excluding hydrogens is 562 g/mol. The number of carbonyl (C=O) groups is 1. The zero-order valence-corrected chi connectivity index (χ0v) is 24.8. The molecular formula is C29H32ClN7O5. The average Bonchev–Trinajstić information content (AvgIpc) is 3.28. The molecule has 4 aromatic rings. The quantitative estimate of drug-likeness (QED) is 0.211. The van der Waals surface area contributed by atoms with E-state index in [0.717, 1.165) is 22.2 Å². The molecule has 42 heavy (non-hydrogen) atoms. The number of non-ortho nitro benzene ring substituents is 1. The van der Waals surface area contributed by atoms with Crippen LogP contribution in [0.25, 0.3) is 22.2 Å². The third-order valence-electron chi connectivity index (χ3n) is 6.91. The van der Waals surface area contributed by atoms with Crippen molar-refractivity contribution in [3.63, 3.8) is 0 Å². The number of nitro groups is 1. The predicted octanol–water partition coefficient (Wildman–Crippen LogP) is 6.01. The first kappa shape index (κ1) is 28.9. The van der Waals surface area contributed by atoms with Gasteiger partial charge in [0.2, 0.25) is 5.95 Å². The van der Waals surface area contributed by atoms with E-state index >= 15 is 0 Å². The highest BCUT2D eigenvalue weighted by molar-refractivity contribution is 6.33. The van der Waals surface area contributed by atoms with Crippen LogP contribution in [0.3, 0.4) is 0 Å². The Morgan fingerprint density at radius 2 is 1.86 bits per heavy atom. The normalized spacial score (nSPS) is 13.8. The summed E-state index contributed by atoms with van der Waals surface area (Å²) in [6.45, 7) is 8.13. The Morgan fingerprint density at radius 1 is 1.12 bits per heavy atom. The smallest absolute Gasteiger partial charge is 0.410 e. The number of hydrogen-bond acceptors (Lipinski definition) is 9. The van der Waals surface area contributed by atoms with Gasteiger partial charge in [-0.1, -0.05) is 17.7 Å². The zero-order chi connectivity index (χ0) is 30.2. The van der Waals surface area contributed by atoms with Gasteiger partial charge in [-0.3, -0.25) is 10.1 Å². The van der Waals surface area contributed by atoms with Gasteiger partial charge in [-0.25, -0.2) is 14.8 Å². The second-order valence-electron chi connectivity index (χ2n) is 11.0. The maximum absolute atomic E-state index is 12.5. The van der Waals surface area contributed by atoms with Crippen molar-refractivity contribution in [1.29, 1.82) is 0 Å². The fourth-order valence-electron chi connectivity index (χ4n) is 4.88. The van der Waals surface area contributed by atoms with E-state index in [2.05, 4.69) is 32.3 Å². The van der Waals surface area contributed by atoms with Crippen LogP contribution in [0.15, 0.2) is 48.8 Å². The molecule has 0 bridgehead atoms. The maximum atomic E-state index is 12.5. The molecule has 5 rings (SSSR count). The number of benzene rings is 2. The van der Waals surface area contributed by atoms with E-state index in [0.29, 0.717) is 48.3 Å². The van der Waals surface area contributed by atoms with Gasteiger partial charge in [-0.05, 0) is 39.0 Å². The van der Waals surface area contributed by atoms with Gasteiger partial charge in [0.25, 0.3) is 5.69 Å². The number of carbonyl (C=O) groups excluding carboxylic acids is 1. The summed E-state index contributed by atoms with van der Waals surface area (Å²) in [6, 6.07) is 10.4. The highest BCUT2D eigenvalue weighted by atomic mass is 35.5. The largest absolute Gasteiger partial charge is 0.495 e. The molecule has 0 atom stereocenters. The highest BCUT2D eigenvalue weighted by Crippen LogP contribution is 2.37. The maximum Gasteiger partial charge on any atom is 0.410 e. The van der Waals surface area contributed by atoms with E-state index in [9.17, 15) is 14.9 Å². The SMILES string of the molecule is COc1ccc([N+](=O)[O-])cc1Nc1ncc(Cl)c(-c2cn(C)c3cc(N4CCN(C(=O)OC(C)(C)C)CC4)ccc23)n1. The number of anilines is 3. The summed E-state index contributed by atoms with van der Waals surface area (Å²) in [5.41, 5.74) is 3.10. The Labute approximate surface area is 248 Å². The lowest BCUT2D eigenvalue weighted by Gasteiger charge is -2.36. The third kappa shape index (κ3) is 6.03. The van der Waals surface area contributed by atoms with E-state index in [-0.39, 0.29) is 17.7 Å². The minimum atomic E-state index is -0.526. The van der Waals surface area contributed by atoms with Gasteiger partial charge in [0.05, 0.1) is 40.2 Å². The monoisotopic (exact) mass is 593 g/mol. The van der Waals surface area contributed by atoms with Gasteiger partial charge in [-0.15, -0.1) is 0 Å². The summed E-state index contributed by atoms with van der Waals surface area (Å²) in [4.78, 5) is 36.2. The first-order valence-corrected chi connectivity index (χ1v) is 13.8. The number of rotatable bonds is 6. The Bertz CT molecular complexity index is 1660. The molecule has 12 nitrogen and oxygen atoms in total. The van der Waals surface area contributed by atoms with Crippen LogP contribution in [0.1, 0.15) is 20.8 Å². The second-order valence-corrected chi connectivity index (χ2v) is 11.4. The molecule has 0 aliphatic carbocycles. The summed E-state index contributed by atoms with van der Waals surface area (Å²) < 4.78 is 12.9. The molecule has 13 heteroatoms. The van der Waals surface area contributed by atoms with Gasteiger partial charge in [0.1, 0.15) is 11.4 Å². The predicted molar refractivity (Wildman–Crippen MR) is 162 cm³/mol. The number of methoxy groups -OCH3 is 1. The van der Waals surface area contributed by atoms with Crippen LogP contribution in [0.4, 0.5) is 27.8 Å². The number of nitrogens with one attached hydrogen (secondary N) is 1. The van der Waals surface area contributed by atoms with E-state index in [1.165, 1.54) is 31.5 Å². The molecule has 1 aliphatic heterocycles. The topological polar surface area (TPSA) is 128 Å². The molecule has 220 valence electrons. The van der Waals surface area contributed by atoms with Gasteiger partial charge in [0.15, 0.2) is 0 Å². The lowest BCUT2D eigenvalue weighted by atomic mass is 10.1. The number of amides is 1. The zero-order valence-electron chi connectivity index (χ0n) is 24.0. The molecule has 0 saturated carbocycles. The van der Waals surface area contributed by atoms with Gasteiger partial charge in [-0.2, -0.15) is 0 Å². The number of aryl methyl sites for hydroxylation is 1. The van der Waals surface area contributed by atoms with Crippen molar-refractivity contribution < 1.29 is 19.2 Å². The summed E-state index contributed by atoms with van der Waals surface area (Å²) in [7, 11) is 3.43. The molecule has 1 N–H and O–H groups in total. The van der Waals surface area contributed by atoms with E-state index in [4.69, 9.17) is 21.1 Å². The molecule has 1 saturated heterocycles. The minimum Gasteiger partial charge on any atom is -0.495 e. The molecule has 0 spiro atoms. The fourth-order valence-corrected chi connectivity index (χ4v) is 5.07. The molecule has 1 fully saturated rings. The number of fused-ring (bicyclic) bond motifs is 1. The molecule has 1 aliphatic rings. The third-order valence-corrected chi connectivity index (χ3v) is 7.19. The number of aromatic nitrogens is 3. The van der Waals surface area contributed by atoms with Crippen LogP contribution in [0.2, 0.25) is 5.02 Å². The fraction of sp³-hybridized carbons (Fsp3) is 0.345. The van der Waals surface area contributed by atoms with Gasteiger partial charge in [0, 0.05) is 68.2 Å². The van der Waals surface area contributed by atoms with Gasteiger partial charge < -0.3 is 29.2 Å². The van der Waals surface area contributed by atoms with E-state index in [1.807, 2.05) is 44.6 Å². The lowest BCUT2D eigenvalue weighted by molar-refractivity contribution is -0.384. The first-order valence-electron chi connectivity index (χ1n) is 13.4. The Morgan fingerprint density at radius 3 is 2.52 bits per heavy atom. The summed E-state index contributed by atoms with van der Waals surface area (Å²) >= 11 is 6.57. The lowest BCUT2D eigenvalue weighted by Crippen LogP contribution is -2.50. The van der Waals surface area contributed by atoms with Crippen LogP contribution in [0, 0.1) is 10.1 Å².